The number of nitrogens with one attached hydrogen (secondary N) is 2. The molecule has 0 radical (unpaired) electrons. The number of rotatable bonds is 8. The van der Waals surface area contributed by atoms with E-state index in [1.165, 1.54) is 6.26 Å². The van der Waals surface area contributed by atoms with Gasteiger partial charge in [0.1, 0.15) is 17.5 Å². The van der Waals surface area contributed by atoms with Gasteiger partial charge in [0.15, 0.2) is 9.84 Å². The number of anilines is 2. The number of nitrogens with zero attached hydrogens (tertiary/aromatic N) is 2. The minimum absolute atomic E-state index is 0.305. The molecule has 0 unspecified atom stereocenters. The van der Waals surface area contributed by atoms with E-state index >= 15 is 0 Å². The Hall–Kier alpha value is -1.37. The van der Waals surface area contributed by atoms with E-state index in [9.17, 15) is 8.42 Å². The van der Waals surface area contributed by atoms with Crippen LogP contribution in [0.3, 0.4) is 0 Å². The second-order valence-electron chi connectivity index (χ2n) is 5.72. The highest BCUT2D eigenvalue weighted by atomic mass is 32.2. The topological polar surface area (TPSA) is 84.0 Å². The van der Waals surface area contributed by atoms with E-state index in [-0.39, 0.29) is 0 Å². The summed E-state index contributed by atoms with van der Waals surface area (Å²) in [6.07, 6.45) is 2.99. The van der Waals surface area contributed by atoms with Gasteiger partial charge in [-0.15, -0.1) is 0 Å². The Morgan fingerprint density at radius 3 is 2.19 bits per heavy atom. The van der Waals surface area contributed by atoms with Crippen molar-refractivity contribution in [3.63, 3.8) is 0 Å². The Morgan fingerprint density at radius 2 is 1.71 bits per heavy atom. The summed E-state index contributed by atoms with van der Waals surface area (Å²) < 4.78 is 22.6. The van der Waals surface area contributed by atoms with Gasteiger partial charge in [-0.2, -0.15) is 0 Å². The minimum atomic E-state index is -3.13. The lowest BCUT2D eigenvalue weighted by Crippen LogP contribution is -2.38. The molecule has 0 saturated carbocycles. The Kier molecular flexibility index (Phi) is 5.95. The lowest BCUT2D eigenvalue weighted by atomic mass is 10.2. The van der Waals surface area contributed by atoms with Crippen molar-refractivity contribution in [3.05, 3.63) is 11.9 Å². The summed E-state index contributed by atoms with van der Waals surface area (Å²) in [7, 11) is -3.13. The molecule has 1 rings (SSSR count). The van der Waals surface area contributed by atoms with E-state index in [2.05, 4.69) is 27.5 Å². The summed E-state index contributed by atoms with van der Waals surface area (Å²) in [6, 6.07) is 1.81. The fourth-order valence-electron chi connectivity index (χ4n) is 1.52. The molecule has 0 spiro atoms. The molecule has 7 heteroatoms. The van der Waals surface area contributed by atoms with E-state index in [0.717, 1.165) is 31.0 Å². The molecule has 1 heterocycles. The molecule has 0 atom stereocenters. The standard InChI is InChI=1S/C14H26N4O2S/c1-6-8-15-12-9-13(18-11(7-2)17-12)16-10-14(3,4)21(5,19)20/h9H,6-8,10H2,1-5H3,(H2,15,16,17,18). The van der Waals surface area contributed by atoms with E-state index in [1.807, 2.05) is 13.0 Å². The van der Waals surface area contributed by atoms with Gasteiger partial charge < -0.3 is 10.6 Å². The Balaban J connectivity index is 2.87. The predicted octanol–water partition coefficient (Wildman–Crippen LogP) is 2.10. The van der Waals surface area contributed by atoms with E-state index in [0.29, 0.717) is 12.4 Å². The predicted molar refractivity (Wildman–Crippen MR) is 87.6 cm³/mol. The van der Waals surface area contributed by atoms with Gasteiger partial charge in [0, 0.05) is 31.8 Å². The summed E-state index contributed by atoms with van der Waals surface area (Å²) in [4.78, 5) is 8.79. The highest BCUT2D eigenvalue weighted by Gasteiger charge is 2.30. The monoisotopic (exact) mass is 314 g/mol. The molecule has 21 heavy (non-hydrogen) atoms. The molecule has 0 aliphatic rings. The smallest absolute Gasteiger partial charge is 0.154 e. The van der Waals surface area contributed by atoms with Gasteiger partial charge in [-0.25, -0.2) is 18.4 Å². The lowest BCUT2D eigenvalue weighted by Gasteiger charge is -2.23. The van der Waals surface area contributed by atoms with Gasteiger partial charge >= 0.3 is 0 Å². The Bertz CT molecular complexity index is 570. The van der Waals surface area contributed by atoms with E-state index < -0.39 is 14.6 Å². The SMILES string of the molecule is CCCNc1cc(NCC(C)(C)S(C)(=O)=O)nc(CC)n1. The van der Waals surface area contributed by atoms with Crippen LogP contribution in [0.2, 0.25) is 0 Å². The van der Waals surface area contributed by atoms with Gasteiger partial charge in [0.2, 0.25) is 0 Å². The maximum absolute atomic E-state index is 11.7. The molecular weight excluding hydrogens is 288 g/mol. The van der Waals surface area contributed by atoms with Gasteiger partial charge in [0.25, 0.3) is 0 Å². The zero-order valence-corrected chi connectivity index (χ0v) is 14.3. The Morgan fingerprint density at radius 1 is 1.14 bits per heavy atom. The fraction of sp³-hybridized carbons (Fsp3) is 0.714. The van der Waals surface area contributed by atoms with Gasteiger partial charge in [-0.1, -0.05) is 13.8 Å². The maximum Gasteiger partial charge on any atom is 0.154 e. The molecule has 0 aliphatic carbocycles. The number of sulfone groups is 1. The normalized spacial score (nSPS) is 12.2. The van der Waals surface area contributed by atoms with Crippen LogP contribution in [0.25, 0.3) is 0 Å². The van der Waals surface area contributed by atoms with E-state index in [4.69, 9.17) is 0 Å². The molecule has 0 aliphatic heterocycles. The van der Waals surface area contributed by atoms with Gasteiger partial charge in [-0.05, 0) is 20.3 Å². The first-order valence-corrected chi connectivity index (χ1v) is 9.14. The first-order valence-electron chi connectivity index (χ1n) is 7.25. The van der Waals surface area contributed by atoms with Crippen molar-refractivity contribution < 1.29 is 8.42 Å². The second-order valence-corrected chi connectivity index (χ2v) is 8.37. The molecule has 0 fully saturated rings. The van der Waals surface area contributed by atoms with Crippen molar-refractivity contribution in [2.75, 3.05) is 30.0 Å². The van der Waals surface area contributed by atoms with Gasteiger partial charge in [-0.3, -0.25) is 0 Å². The average molecular weight is 314 g/mol. The molecule has 0 aromatic carbocycles. The van der Waals surface area contributed by atoms with Crippen LogP contribution >= 0.6 is 0 Å². The van der Waals surface area contributed by atoms with Crippen LogP contribution in [0.5, 0.6) is 0 Å². The molecule has 0 saturated heterocycles. The van der Waals surface area contributed by atoms with Crippen LogP contribution in [0, 0.1) is 0 Å². The molecule has 2 N–H and O–H groups in total. The first kappa shape index (κ1) is 17.7. The van der Waals surface area contributed by atoms with E-state index in [1.54, 1.807) is 13.8 Å². The third-order valence-corrected chi connectivity index (χ3v) is 5.50. The average Bonchev–Trinajstić information content (AvgIpc) is 2.41. The number of hydrogen-bond acceptors (Lipinski definition) is 6. The summed E-state index contributed by atoms with van der Waals surface area (Å²) >= 11 is 0. The molecule has 120 valence electrons. The number of hydrogen-bond donors (Lipinski definition) is 2. The van der Waals surface area contributed by atoms with Crippen molar-refractivity contribution in [1.29, 1.82) is 0 Å². The van der Waals surface area contributed by atoms with Crippen molar-refractivity contribution in [1.82, 2.24) is 9.97 Å². The fourth-order valence-corrected chi connectivity index (χ4v) is 1.86. The Labute approximate surface area is 127 Å². The van der Waals surface area contributed by atoms with Crippen LogP contribution in [0.15, 0.2) is 6.07 Å². The molecule has 6 nitrogen and oxygen atoms in total. The third kappa shape index (κ3) is 5.15. The highest BCUT2D eigenvalue weighted by Crippen LogP contribution is 2.18. The summed E-state index contributed by atoms with van der Waals surface area (Å²) in [6.45, 7) is 8.63. The quantitative estimate of drug-likeness (QED) is 0.764. The van der Waals surface area contributed by atoms with Crippen LogP contribution in [0.1, 0.15) is 39.9 Å². The van der Waals surface area contributed by atoms with Crippen LogP contribution in [-0.2, 0) is 16.3 Å². The summed E-state index contributed by atoms with van der Waals surface area (Å²) in [5.74, 6) is 2.15. The number of aryl methyl sites for hydroxylation is 1. The molecule has 1 aromatic heterocycles. The van der Waals surface area contributed by atoms with Crippen LogP contribution in [0.4, 0.5) is 11.6 Å². The third-order valence-electron chi connectivity index (χ3n) is 3.34. The van der Waals surface area contributed by atoms with Crippen molar-refractivity contribution in [2.24, 2.45) is 0 Å². The molecule has 1 aromatic rings. The van der Waals surface area contributed by atoms with Gasteiger partial charge in [0.05, 0.1) is 4.75 Å². The molecular formula is C14H26N4O2S. The summed E-state index contributed by atoms with van der Waals surface area (Å²) in [5, 5.41) is 6.34. The highest BCUT2D eigenvalue weighted by molar-refractivity contribution is 7.92. The van der Waals surface area contributed by atoms with Crippen LogP contribution < -0.4 is 10.6 Å². The van der Waals surface area contributed by atoms with Crippen molar-refractivity contribution in [3.8, 4) is 0 Å². The zero-order chi connectivity index (χ0) is 16.1. The van der Waals surface area contributed by atoms with Crippen molar-refractivity contribution >= 4 is 21.5 Å². The summed E-state index contributed by atoms with van der Waals surface area (Å²) in [5.41, 5.74) is 0. The lowest BCUT2D eigenvalue weighted by molar-refractivity contribution is 0.559. The molecule has 0 bridgehead atoms. The van der Waals surface area contributed by atoms with Crippen LogP contribution in [-0.4, -0.2) is 42.5 Å². The maximum atomic E-state index is 11.7. The number of aromatic nitrogens is 2. The minimum Gasteiger partial charge on any atom is -0.370 e. The zero-order valence-electron chi connectivity index (χ0n) is 13.5. The second kappa shape index (κ2) is 7.06. The largest absolute Gasteiger partial charge is 0.370 e. The van der Waals surface area contributed by atoms with Crippen molar-refractivity contribution in [2.45, 2.75) is 45.3 Å². The first-order chi connectivity index (χ1) is 9.69. The molecule has 0 amide bonds.